The lowest BCUT2D eigenvalue weighted by Gasteiger charge is -2.27. The molecule has 2 heteroatoms. The summed E-state index contributed by atoms with van der Waals surface area (Å²) in [6.07, 6.45) is 0. The van der Waals surface area contributed by atoms with Crippen molar-refractivity contribution >= 4 is 92.9 Å². The van der Waals surface area contributed by atoms with E-state index in [9.17, 15) is 0 Å². The van der Waals surface area contributed by atoms with E-state index in [2.05, 4.69) is 266 Å². The van der Waals surface area contributed by atoms with Crippen LogP contribution in [0.1, 0.15) is 0 Å². The molecule has 0 N–H and O–H groups in total. The summed E-state index contributed by atoms with van der Waals surface area (Å²) in [5.74, 6) is 0. The molecule has 0 bridgehead atoms. The third-order valence-corrected chi connectivity index (χ3v) is 14.4. The van der Waals surface area contributed by atoms with Gasteiger partial charge >= 0.3 is 0 Å². The number of hydrogen-bond acceptors (Lipinski definition) is 2. The van der Waals surface area contributed by atoms with Crippen LogP contribution in [0.25, 0.3) is 120 Å². The van der Waals surface area contributed by atoms with E-state index >= 15 is 0 Å². The number of nitrogens with zero attached hydrogens (tertiary/aromatic N) is 1. The first kappa shape index (κ1) is 39.9. The van der Waals surface area contributed by atoms with Gasteiger partial charge in [-0.2, -0.15) is 0 Å². The average Bonchev–Trinajstić information content (AvgIpc) is 3.83. The predicted molar refractivity (Wildman–Crippen MR) is 298 cm³/mol. The monoisotopic (exact) mass is 889 g/mol. The molecule has 0 spiro atoms. The predicted octanol–water partition coefficient (Wildman–Crippen LogP) is 19.5. The molecule has 1 heterocycles. The van der Waals surface area contributed by atoms with E-state index < -0.39 is 0 Å². The lowest BCUT2D eigenvalue weighted by Crippen LogP contribution is -2.10. The van der Waals surface area contributed by atoms with E-state index in [-0.39, 0.29) is 0 Å². The first-order chi connectivity index (χ1) is 34.7. The van der Waals surface area contributed by atoms with Crippen LogP contribution in [0.3, 0.4) is 0 Å². The maximum Gasteiger partial charge on any atom is 0.143 e. The van der Waals surface area contributed by atoms with Crippen LogP contribution in [0, 0.1) is 0 Å². The van der Waals surface area contributed by atoms with Crippen molar-refractivity contribution in [1.82, 2.24) is 0 Å². The number of rotatable bonds is 7. The van der Waals surface area contributed by atoms with E-state index in [0.29, 0.717) is 0 Å². The van der Waals surface area contributed by atoms with Gasteiger partial charge in [-0.1, -0.05) is 206 Å². The summed E-state index contributed by atoms with van der Waals surface area (Å²) < 4.78 is 6.60. The highest BCUT2D eigenvalue weighted by Gasteiger charge is 2.21. The van der Waals surface area contributed by atoms with Crippen LogP contribution < -0.4 is 4.90 Å². The van der Waals surface area contributed by atoms with Crippen LogP contribution in [0.5, 0.6) is 0 Å². The van der Waals surface area contributed by atoms with Crippen molar-refractivity contribution in [1.29, 1.82) is 0 Å². The van der Waals surface area contributed by atoms with Gasteiger partial charge in [-0.05, 0) is 148 Å². The van der Waals surface area contributed by atoms with E-state index in [1.807, 2.05) is 0 Å². The Morgan fingerprint density at radius 3 is 1.56 bits per heavy atom. The Morgan fingerprint density at radius 2 is 0.771 bits per heavy atom. The lowest BCUT2D eigenvalue weighted by molar-refractivity contribution is 0.673. The fourth-order valence-corrected chi connectivity index (χ4v) is 11.2. The van der Waals surface area contributed by atoms with Crippen LogP contribution >= 0.6 is 0 Å². The Balaban J connectivity index is 0.938. The van der Waals surface area contributed by atoms with E-state index in [4.69, 9.17) is 4.42 Å². The molecule has 1 aromatic heterocycles. The number of anilines is 3. The molecule has 0 unspecified atom stereocenters. The summed E-state index contributed by atoms with van der Waals surface area (Å²) in [5.41, 5.74) is 14.6. The zero-order valence-corrected chi connectivity index (χ0v) is 38.2. The third kappa shape index (κ3) is 6.49. The van der Waals surface area contributed by atoms with Gasteiger partial charge in [0.15, 0.2) is 0 Å². The zero-order valence-electron chi connectivity index (χ0n) is 38.2. The van der Waals surface area contributed by atoms with Gasteiger partial charge in [0.25, 0.3) is 0 Å². The summed E-state index contributed by atoms with van der Waals surface area (Å²) in [6, 6.07) is 95.1. The number of furan rings is 1. The molecule has 0 radical (unpaired) electrons. The topological polar surface area (TPSA) is 16.4 Å². The van der Waals surface area contributed by atoms with Crippen molar-refractivity contribution in [2.75, 3.05) is 4.90 Å². The van der Waals surface area contributed by atoms with Gasteiger partial charge in [-0.25, -0.2) is 0 Å². The van der Waals surface area contributed by atoms with Gasteiger partial charge in [-0.3, -0.25) is 0 Å². The summed E-state index contributed by atoms with van der Waals surface area (Å²) in [4.78, 5) is 2.40. The van der Waals surface area contributed by atoms with Crippen LogP contribution in [-0.4, -0.2) is 0 Å². The van der Waals surface area contributed by atoms with Gasteiger partial charge in [0.05, 0.1) is 0 Å². The Hall–Kier alpha value is -9.24. The molecular weight excluding hydrogens is 847 g/mol. The molecule has 2 nitrogen and oxygen atoms in total. The lowest BCUT2D eigenvalue weighted by atomic mass is 9.84. The summed E-state index contributed by atoms with van der Waals surface area (Å²) in [5, 5.41) is 14.5. The largest absolute Gasteiger partial charge is 0.455 e. The highest BCUT2D eigenvalue weighted by molar-refractivity contribution is 6.22. The Kier molecular flexibility index (Phi) is 9.25. The zero-order chi connectivity index (χ0) is 46.1. The molecule has 13 aromatic carbocycles. The average molecular weight is 890 g/mol. The number of benzene rings is 13. The fourth-order valence-electron chi connectivity index (χ4n) is 11.2. The Labute approximate surface area is 405 Å². The maximum absolute atomic E-state index is 6.60. The van der Waals surface area contributed by atoms with Crippen molar-refractivity contribution in [3.8, 4) is 44.5 Å². The first-order valence-electron chi connectivity index (χ1n) is 24.1. The molecule has 14 aromatic rings. The normalized spacial score (nSPS) is 11.7. The van der Waals surface area contributed by atoms with Gasteiger partial charge < -0.3 is 9.32 Å². The molecule has 14 rings (SSSR count). The molecule has 0 fully saturated rings. The van der Waals surface area contributed by atoms with Crippen molar-refractivity contribution in [3.05, 3.63) is 261 Å². The molecule has 0 atom stereocenters. The second kappa shape index (κ2) is 16.2. The summed E-state index contributed by atoms with van der Waals surface area (Å²) in [7, 11) is 0. The van der Waals surface area contributed by atoms with Gasteiger partial charge in [0.1, 0.15) is 11.2 Å². The fraction of sp³-hybridized carbons (Fsp3) is 0. The summed E-state index contributed by atoms with van der Waals surface area (Å²) in [6.45, 7) is 0. The number of fused-ring (bicyclic) bond motifs is 11. The maximum atomic E-state index is 6.60. The number of hydrogen-bond donors (Lipinski definition) is 0. The smallest absolute Gasteiger partial charge is 0.143 e. The molecule has 0 saturated heterocycles. The van der Waals surface area contributed by atoms with Gasteiger partial charge in [-0.15, -0.1) is 0 Å². The van der Waals surface area contributed by atoms with Crippen LogP contribution in [-0.2, 0) is 0 Å². The van der Waals surface area contributed by atoms with Crippen LogP contribution in [0.2, 0.25) is 0 Å². The molecule has 0 amide bonds. The van der Waals surface area contributed by atoms with Crippen molar-refractivity contribution in [2.24, 2.45) is 0 Å². The molecular formula is C68H43NO. The van der Waals surface area contributed by atoms with Crippen molar-refractivity contribution in [2.45, 2.75) is 0 Å². The highest BCUT2D eigenvalue weighted by Crippen LogP contribution is 2.47. The first-order valence-corrected chi connectivity index (χ1v) is 24.1. The van der Waals surface area contributed by atoms with E-state index in [0.717, 1.165) is 66.6 Å². The third-order valence-electron chi connectivity index (χ3n) is 14.4. The molecule has 326 valence electrons. The quantitative estimate of drug-likeness (QED) is 0.148. The van der Waals surface area contributed by atoms with Crippen LogP contribution in [0.15, 0.2) is 265 Å². The van der Waals surface area contributed by atoms with E-state index in [1.54, 1.807) is 0 Å². The molecule has 0 aliphatic carbocycles. The highest BCUT2D eigenvalue weighted by atomic mass is 16.3. The minimum atomic E-state index is 0.893. The van der Waals surface area contributed by atoms with Crippen LogP contribution in [0.4, 0.5) is 17.1 Å². The van der Waals surface area contributed by atoms with Crippen molar-refractivity contribution < 1.29 is 4.42 Å². The van der Waals surface area contributed by atoms with E-state index in [1.165, 1.54) is 70.7 Å². The molecule has 70 heavy (non-hydrogen) atoms. The second-order valence-electron chi connectivity index (χ2n) is 18.4. The summed E-state index contributed by atoms with van der Waals surface area (Å²) >= 11 is 0. The molecule has 0 aliphatic rings. The molecule has 0 aliphatic heterocycles. The molecule has 0 saturated carbocycles. The standard InChI is InChI=1S/C68H43NO/c1-3-17-47(18-4-1)65-61-26-12-11-25-59(61)60-38-34-50(43-63(60)66(65)48-19-5-2-6-20-48)49-21-13-22-53(41-49)69(54-37-40-56-51(42-54)30-29-44-15-7-9-23-55(44)56)52-35-31-46(32-36-52)57-27-14-28-64-67(57)62-39-33-45-16-8-10-24-58(45)68(62)70-64/h1-43H. The van der Waals surface area contributed by atoms with Gasteiger partial charge in [0.2, 0.25) is 0 Å². The van der Waals surface area contributed by atoms with Crippen molar-refractivity contribution in [3.63, 3.8) is 0 Å². The second-order valence-corrected chi connectivity index (χ2v) is 18.4. The Morgan fingerprint density at radius 1 is 0.257 bits per heavy atom. The minimum Gasteiger partial charge on any atom is -0.455 e. The Bertz CT molecular complexity index is 4340. The minimum absolute atomic E-state index is 0.893. The van der Waals surface area contributed by atoms with Gasteiger partial charge in [0, 0.05) is 33.2 Å². The SMILES string of the molecule is c1ccc(-c2c(-c3ccccc3)c3cc(-c4cccc(N(c5ccc(-c6cccc7oc8c9ccccc9ccc8c67)cc5)c5ccc6c(ccc7ccccc76)c5)c4)ccc3c3ccccc23)cc1.